The zero-order chi connectivity index (χ0) is 14.8. The maximum atomic E-state index is 13.6. The maximum Gasteiger partial charge on any atom is 0.246 e. The molecular formula is C13H18F2N2O2S. The fourth-order valence-corrected chi connectivity index (χ4v) is 4.15. The second-order valence-electron chi connectivity index (χ2n) is 5.06. The van der Waals surface area contributed by atoms with E-state index >= 15 is 0 Å². The molecule has 0 aliphatic heterocycles. The van der Waals surface area contributed by atoms with Crippen LogP contribution in [0.2, 0.25) is 0 Å². The summed E-state index contributed by atoms with van der Waals surface area (Å²) in [4.78, 5) is -0.934. The highest BCUT2D eigenvalue weighted by molar-refractivity contribution is 7.89. The first-order chi connectivity index (χ1) is 9.45. The van der Waals surface area contributed by atoms with Crippen molar-refractivity contribution in [3.63, 3.8) is 0 Å². The summed E-state index contributed by atoms with van der Waals surface area (Å²) in [5.74, 6) is -2.07. The first-order valence-corrected chi connectivity index (χ1v) is 8.10. The number of rotatable bonds is 5. The molecule has 1 aromatic carbocycles. The highest BCUT2D eigenvalue weighted by atomic mass is 32.2. The predicted molar refractivity (Wildman–Crippen MR) is 71.5 cm³/mol. The summed E-state index contributed by atoms with van der Waals surface area (Å²) >= 11 is 0. The Kier molecular flexibility index (Phi) is 4.72. The van der Waals surface area contributed by atoms with Gasteiger partial charge in [0.15, 0.2) is 4.90 Å². The molecule has 1 aliphatic rings. The van der Waals surface area contributed by atoms with Crippen molar-refractivity contribution in [1.29, 1.82) is 0 Å². The Bertz CT molecular complexity index is 551. The minimum atomic E-state index is -4.25. The first kappa shape index (κ1) is 15.3. The number of halogens is 2. The van der Waals surface area contributed by atoms with Crippen molar-refractivity contribution in [2.75, 3.05) is 6.54 Å². The van der Waals surface area contributed by atoms with Gasteiger partial charge in [0.05, 0.1) is 0 Å². The molecule has 2 rings (SSSR count). The molecule has 0 amide bonds. The second-order valence-corrected chi connectivity index (χ2v) is 6.71. The van der Waals surface area contributed by atoms with Gasteiger partial charge in [-0.1, -0.05) is 18.9 Å². The van der Waals surface area contributed by atoms with Gasteiger partial charge in [-0.3, -0.25) is 0 Å². The van der Waals surface area contributed by atoms with E-state index in [1.807, 2.05) is 0 Å². The van der Waals surface area contributed by atoms with Crippen molar-refractivity contribution >= 4 is 10.0 Å². The molecular weight excluding hydrogens is 286 g/mol. The lowest BCUT2D eigenvalue weighted by Crippen LogP contribution is -2.44. The largest absolute Gasteiger partial charge is 0.329 e. The molecule has 0 spiro atoms. The van der Waals surface area contributed by atoms with Crippen molar-refractivity contribution in [2.45, 2.75) is 36.6 Å². The Morgan fingerprint density at radius 3 is 2.30 bits per heavy atom. The lowest BCUT2D eigenvalue weighted by Gasteiger charge is -2.23. The third kappa shape index (κ3) is 3.16. The second kappa shape index (κ2) is 6.15. The predicted octanol–water partition coefficient (Wildman–Crippen LogP) is 1.76. The molecule has 1 fully saturated rings. The molecule has 0 aromatic heterocycles. The van der Waals surface area contributed by atoms with Crippen molar-refractivity contribution in [3.8, 4) is 0 Å². The van der Waals surface area contributed by atoms with Crippen LogP contribution in [-0.2, 0) is 10.0 Å². The summed E-state index contributed by atoms with van der Waals surface area (Å²) in [5, 5.41) is 0. The van der Waals surface area contributed by atoms with Gasteiger partial charge < -0.3 is 5.73 Å². The molecule has 0 bridgehead atoms. The topological polar surface area (TPSA) is 72.2 Å². The van der Waals surface area contributed by atoms with E-state index in [9.17, 15) is 17.2 Å². The standard InChI is InChI=1S/C13H18F2N2O2S/c14-10-6-3-7-11(15)13(10)20(18,19)17-12(8-16)9-4-1-2-5-9/h3,6-7,9,12,17H,1-2,4-5,8,16H2. The zero-order valence-corrected chi connectivity index (χ0v) is 11.8. The molecule has 1 atom stereocenters. The zero-order valence-electron chi connectivity index (χ0n) is 11.0. The van der Waals surface area contributed by atoms with Gasteiger partial charge in [-0.25, -0.2) is 21.9 Å². The number of nitrogens with two attached hydrogens (primary N) is 1. The van der Waals surface area contributed by atoms with Crippen molar-refractivity contribution < 1.29 is 17.2 Å². The average Bonchev–Trinajstić information content (AvgIpc) is 2.89. The third-order valence-corrected chi connectivity index (χ3v) is 5.26. The van der Waals surface area contributed by atoms with Crippen LogP contribution in [0.4, 0.5) is 8.78 Å². The van der Waals surface area contributed by atoms with Gasteiger partial charge in [0.25, 0.3) is 0 Å². The van der Waals surface area contributed by atoms with Crippen LogP contribution < -0.4 is 10.5 Å². The summed E-state index contributed by atoms with van der Waals surface area (Å²) in [6, 6.07) is 2.48. The lowest BCUT2D eigenvalue weighted by molar-refractivity contribution is 0.403. The van der Waals surface area contributed by atoms with Crippen molar-refractivity contribution in [1.82, 2.24) is 4.72 Å². The van der Waals surface area contributed by atoms with Gasteiger partial charge in [-0.05, 0) is 30.9 Å². The quantitative estimate of drug-likeness (QED) is 0.870. The lowest BCUT2D eigenvalue weighted by atomic mass is 9.99. The Balaban J connectivity index is 2.26. The number of hydrogen-bond donors (Lipinski definition) is 2. The highest BCUT2D eigenvalue weighted by Crippen LogP contribution is 2.28. The molecule has 1 aliphatic carbocycles. The normalized spacial score (nSPS) is 18.4. The van der Waals surface area contributed by atoms with E-state index < -0.39 is 32.6 Å². The third-order valence-electron chi connectivity index (χ3n) is 3.72. The maximum absolute atomic E-state index is 13.6. The van der Waals surface area contributed by atoms with Crippen LogP contribution in [0.1, 0.15) is 25.7 Å². The van der Waals surface area contributed by atoms with Gasteiger partial charge >= 0.3 is 0 Å². The molecule has 7 heteroatoms. The Labute approximate surface area is 117 Å². The summed E-state index contributed by atoms with van der Waals surface area (Å²) in [7, 11) is -4.25. The van der Waals surface area contributed by atoms with E-state index in [2.05, 4.69) is 4.72 Å². The Morgan fingerprint density at radius 2 is 1.80 bits per heavy atom. The van der Waals surface area contributed by atoms with Crippen molar-refractivity contribution in [2.24, 2.45) is 11.7 Å². The number of nitrogens with one attached hydrogen (secondary N) is 1. The molecule has 1 unspecified atom stereocenters. The fourth-order valence-electron chi connectivity index (χ4n) is 2.69. The molecule has 3 N–H and O–H groups in total. The minimum absolute atomic E-state index is 0.111. The van der Waals surface area contributed by atoms with E-state index in [0.717, 1.165) is 43.9 Å². The number of benzene rings is 1. The van der Waals surface area contributed by atoms with Gasteiger partial charge in [-0.15, -0.1) is 0 Å². The van der Waals surface area contributed by atoms with E-state index in [1.54, 1.807) is 0 Å². The number of sulfonamides is 1. The average molecular weight is 304 g/mol. The van der Waals surface area contributed by atoms with Gasteiger partial charge in [0.1, 0.15) is 11.6 Å². The van der Waals surface area contributed by atoms with Crippen LogP contribution in [0.25, 0.3) is 0 Å². The van der Waals surface area contributed by atoms with E-state index in [4.69, 9.17) is 5.73 Å². The van der Waals surface area contributed by atoms with Crippen LogP contribution in [0, 0.1) is 17.6 Å². The Morgan fingerprint density at radius 1 is 1.25 bits per heavy atom. The van der Waals surface area contributed by atoms with Crippen LogP contribution in [0.5, 0.6) is 0 Å². The molecule has 0 saturated heterocycles. The van der Waals surface area contributed by atoms with Crippen LogP contribution in [-0.4, -0.2) is 21.0 Å². The van der Waals surface area contributed by atoms with Crippen LogP contribution in [0.15, 0.2) is 23.1 Å². The summed E-state index contributed by atoms with van der Waals surface area (Å²) in [6.07, 6.45) is 3.81. The first-order valence-electron chi connectivity index (χ1n) is 6.62. The summed E-state index contributed by atoms with van der Waals surface area (Å²) in [5.41, 5.74) is 5.60. The monoisotopic (exact) mass is 304 g/mol. The summed E-state index contributed by atoms with van der Waals surface area (Å²) in [6.45, 7) is 0.111. The Hall–Kier alpha value is -1.05. The van der Waals surface area contributed by atoms with Crippen LogP contribution >= 0.6 is 0 Å². The van der Waals surface area contributed by atoms with Gasteiger partial charge in [0, 0.05) is 12.6 Å². The fraction of sp³-hybridized carbons (Fsp3) is 0.538. The molecule has 4 nitrogen and oxygen atoms in total. The molecule has 112 valence electrons. The SMILES string of the molecule is NCC(NS(=O)(=O)c1c(F)cccc1F)C1CCCC1. The van der Waals surface area contributed by atoms with E-state index in [1.165, 1.54) is 0 Å². The minimum Gasteiger partial charge on any atom is -0.329 e. The van der Waals surface area contributed by atoms with Crippen LogP contribution in [0.3, 0.4) is 0 Å². The molecule has 20 heavy (non-hydrogen) atoms. The van der Waals surface area contributed by atoms with Crippen molar-refractivity contribution in [3.05, 3.63) is 29.8 Å². The highest BCUT2D eigenvalue weighted by Gasteiger charge is 2.31. The smallest absolute Gasteiger partial charge is 0.246 e. The molecule has 0 heterocycles. The number of hydrogen-bond acceptors (Lipinski definition) is 3. The van der Waals surface area contributed by atoms with E-state index in [0.29, 0.717) is 0 Å². The van der Waals surface area contributed by atoms with Gasteiger partial charge in [0.2, 0.25) is 10.0 Å². The molecule has 1 aromatic rings. The molecule has 0 radical (unpaired) electrons. The summed E-state index contributed by atoms with van der Waals surface area (Å²) < 4.78 is 53.8. The van der Waals surface area contributed by atoms with E-state index in [-0.39, 0.29) is 12.5 Å². The molecule has 1 saturated carbocycles. The van der Waals surface area contributed by atoms with Gasteiger partial charge in [-0.2, -0.15) is 0 Å².